The van der Waals surface area contributed by atoms with Gasteiger partial charge in [0.05, 0.1) is 12.0 Å². The zero-order chi connectivity index (χ0) is 24.5. The maximum Gasteiger partial charge on any atom is 0.263 e. The number of carbonyl (C=O) groups excluding carboxylic acids is 1. The van der Waals surface area contributed by atoms with Gasteiger partial charge in [-0.25, -0.2) is 12.8 Å². The fourth-order valence-corrected chi connectivity index (χ4v) is 4.85. The largest absolute Gasteiger partial charge is 0.496 e. The van der Waals surface area contributed by atoms with Gasteiger partial charge in [0.1, 0.15) is 17.3 Å². The van der Waals surface area contributed by atoms with Crippen molar-refractivity contribution in [1.82, 2.24) is 4.90 Å². The van der Waals surface area contributed by atoms with Crippen LogP contribution in [-0.4, -0.2) is 32.4 Å². The van der Waals surface area contributed by atoms with E-state index in [-0.39, 0.29) is 23.0 Å². The predicted octanol–water partition coefficient (Wildman–Crippen LogP) is 4.25. The third-order valence-electron chi connectivity index (χ3n) is 5.64. The number of nitrogens with zero attached hydrogens (tertiary/aromatic N) is 1. The Morgan fingerprint density at radius 1 is 1.15 bits per heavy atom. The van der Waals surface area contributed by atoms with Crippen LogP contribution in [0.25, 0.3) is 0 Å². The van der Waals surface area contributed by atoms with E-state index < -0.39 is 21.9 Å². The molecule has 0 radical (unpaired) electrons. The van der Waals surface area contributed by atoms with Gasteiger partial charge in [0, 0.05) is 29.9 Å². The number of anilines is 1. The molecule has 34 heavy (non-hydrogen) atoms. The third kappa shape index (κ3) is 4.84. The molecule has 178 valence electrons. The number of hydrogen-bond acceptors (Lipinski definition) is 5. The maximum absolute atomic E-state index is 13.9. The summed E-state index contributed by atoms with van der Waals surface area (Å²) in [6.45, 7) is 3.75. The summed E-state index contributed by atoms with van der Waals surface area (Å²) >= 11 is 0. The normalized spacial score (nSPS) is 15.8. The van der Waals surface area contributed by atoms with E-state index in [9.17, 15) is 17.6 Å². The lowest BCUT2D eigenvalue weighted by molar-refractivity contribution is -0.138. The summed E-state index contributed by atoms with van der Waals surface area (Å²) in [6, 6.07) is 16.0. The lowest BCUT2D eigenvalue weighted by atomic mass is 10.1. The van der Waals surface area contributed by atoms with Crippen molar-refractivity contribution >= 4 is 21.6 Å². The number of benzene rings is 3. The lowest BCUT2D eigenvalue weighted by Gasteiger charge is -2.23. The standard InChI is InChI=1S/C25H25FN2O5S/c1-16-8-10-21(13-22(16)26)34(30,31)27-20-9-11-24-19(12-20)15-28(25(29)17(2)33-24)14-18-6-4-5-7-23(18)32-3/h4-13,17,27H,14-15H2,1-3H3/t17-/m1/s1. The Bertz CT molecular complexity index is 1340. The van der Waals surface area contributed by atoms with E-state index in [0.717, 1.165) is 11.6 Å². The van der Waals surface area contributed by atoms with Crippen LogP contribution in [-0.2, 0) is 27.9 Å². The fourth-order valence-electron chi connectivity index (χ4n) is 3.79. The van der Waals surface area contributed by atoms with Crippen LogP contribution in [0.5, 0.6) is 11.5 Å². The molecular weight excluding hydrogens is 459 g/mol. The average Bonchev–Trinajstić information content (AvgIpc) is 2.92. The van der Waals surface area contributed by atoms with Gasteiger partial charge in [-0.2, -0.15) is 0 Å². The van der Waals surface area contributed by atoms with Gasteiger partial charge in [-0.05, 0) is 55.8 Å². The van der Waals surface area contributed by atoms with Crippen molar-refractivity contribution in [3.63, 3.8) is 0 Å². The zero-order valence-corrected chi connectivity index (χ0v) is 19.9. The molecule has 0 bridgehead atoms. The number of aryl methyl sites for hydroxylation is 1. The van der Waals surface area contributed by atoms with Crippen molar-refractivity contribution in [2.24, 2.45) is 0 Å². The Morgan fingerprint density at radius 2 is 1.91 bits per heavy atom. The molecule has 1 aliphatic heterocycles. The SMILES string of the molecule is COc1ccccc1CN1Cc2cc(NS(=O)(=O)c3ccc(C)c(F)c3)ccc2O[C@H](C)C1=O. The van der Waals surface area contributed by atoms with Gasteiger partial charge in [-0.15, -0.1) is 0 Å². The highest BCUT2D eigenvalue weighted by Gasteiger charge is 2.29. The number of halogens is 1. The third-order valence-corrected chi connectivity index (χ3v) is 7.02. The summed E-state index contributed by atoms with van der Waals surface area (Å²) in [5.74, 6) is 0.366. The molecule has 4 rings (SSSR count). The smallest absolute Gasteiger partial charge is 0.263 e. The summed E-state index contributed by atoms with van der Waals surface area (Å²) in [4.78, 5) is 14.5. The van der Waals surface area contributed by atoms with Crippen LogP contribution in [0.4, 0.5) is 10.1 Å². The summed E-state index contributed by atoms with van der Waals surface area (Å²) in [5.41, 5.74) is 2.12. The van der Waals surface area contributed by atoms with Crippen LogP contribution < -0.4 is 14.2 Å². The number of sulfonamides is 1. The summed E-state index contributed by atoms with van der Waals surface area (Å²) < 4.78 is 53.2. The van der Waals surface area contributed by atoms with E-state index in [1.807, 2.05) is 24.3 Å². The van der Waals surface area contributed by atoms with Gasteiger partial charge in [0.25, 0.3) is 15.9 Å². The molecule has 0 spiro atoms. The Labute approximate surface area is 198 Å². The zero-order valence-electron chi connectivity index (χ0n) is 19.0. The quantitative estimate of drug-likeness (QED) is 0.565. The van der Waals surface area contributed by atoms with E-state index in [1.165, 1.54) is 12.1 Å². The highest BCUT2D eigenvalue weighted by atomic mass is 32.2. The van der Waals surface area contributed by atoms with Crippen molar-refractivity contribution in [2.45, 2.75) is 37.9 Å². The van der Waals surface area contributed by atoms with Crippen LogP contribution in [0, 0.1) is 12.7 Å². The topological polar surface area (TPSA) is 84.9 Å². The molecule has 0 saturated heterocycles. The van der Waals surface area contributed by atoms with Crippen molar-refractivity contribution < 1.29 is 27.1 Å². The second-order valence-electron chi connectivity index (χ2n) is 8.11. The van der Waals surface area contributed by atoms with Crippen LogP contribution in [0.2, 0.25) is 0 Å². The number of fused-ring (bicyclic) bond motifs is 1. The Morgan fingerprint density at radius 3 is 2.65 bits per heavy atom. The van der Waals surface area contributed by atoms with Gasteiger partial charge >= 0.3 is 0 Å². The molecule has 1 amide bonds. The molecule has 0 unspecified atom stereocenters. The van der Waals surface area contributed by atoms with E-state index >= 15 is 0 Å². The Balaban J connectivity index is 1.62. The number of hydrogen-bond donors (Lipinski definition) is 1. The molecule has 1 heterocycles. The first-order valence-corrected chi connectivity index (χ1v) is 12.2. The van der Waals surface area contributed by atoms with E-state index in [4.69, 9.17) is 9.47 Å². The molecule has 9 heteroatoms. The monoisotopic (exact) mass is 484 g/mol. The first-order valence-electron chi connectivity index (χ1n) is 10.7. The molecule has 1 atom stereocenters. The van der Waals surface area contributed by atoms with Crippen molar-refractivity contribution in [3.05, 3.63) is 83.2 Å². The molecule has 0 aliphatic carbocycles. The number of nitrogens with one attached hydrogen (secondary N) is 1. The van der Waals surface area contributed by atoms with E-state index in [2.05, 4.69) is 4.72 Å². The van der Waals surface area contributed by atoms with Crippen molar-refractivity contribution in [2.75, 3.05) is 11.8 Å². The lowest BCUT2D eigenvalue weighted by Crippen LogP contribution is -2.37. The molecule has 3 aromatic carbocycles. The number of ether oxygens (including phenoxy) is 2. The predicted molar refractivity (Wildman–Crippen MR) is 126 cm³/mol. The second-order valence-corrected chi connectivity index (χ2v) is 9.79. The number of amides is 1. The van der Waals surface area contributed by atoms with Crippen molar-refractivity contribution in [3.8, 4) is 11.5 Å². The van der Waals surface area contributed by atoms with Gasteiger partial charge in [-0.1, -0.05) is 24.3 Å². The average molecular weight is 485 g/mol. The van der Waals surface area contributed by atoms with Crippen LogP contribution in [0.15, 0.2) is 65.6 Å². The molecular formula is C25H25FN2O5S. The van der Waals surface area contributed by atoms with Crippen LogP contribution in [0.1, 0.15) is 23.6 Å². The molecule has 0 aromatic heterocycles. The van der Waals surface area contributed by atoms with Gasteiger partial charge < -0.3 is 14.4 Å². The van der Waals surface area contributed by atoms with Gasteiger partial charge in [0.15, 0.2) is 6.10 Å². The summed E-state index contributed by atoms with van der Waals surface area (Å²) in [7, 11) is -2.44. The Hall–Kier alpha value is -3.59. The second kappa shape index (κ2) is 9.34. The van der Waals surface area contributed by atoms with Crippen LogP contribution in [0.3, 0.4) is 0 Å². The molecule has 0 fully saturated rings. The van der Waals surface area contributed by atoms with E-state index in [0.29, 0.717) is 29.2 Å². The number of carbonyl (C=O) groups is 1. The number of rotatable bonds is 6. The summed E-state index contributed by atoms with van der Waals surface area (Å²) in [5, 5.41) is 0. The fraction of sp³-hybridized carbons (Fsp3) is 0.240. The minimum absolute atomic E-state index is 0.177. The van der Waals surface area contributed by atoms with E-state index in [1.54, 1.807) is 44.1 Å². The van der Waals surface area contributed by atoms with Crippen molar-refractivity contribution in [1.29, 1.82) is 0 Å². The van der Waals surface area contributed by atoms with Gasteiger partial charge in [-0.3, -0.25) is 9.52 Å². The Kier molecular flexibility index (Phi) is 6.47. The first-order chi connectivity index (χ1) is 16.2. The highest BCUT2D eigenvalue weighted by Crippen LogP contribution is 2.31. The molecule has 3 aromatic rings. The van der Waals surface area contributed by atoms with Gasteiger partial charge in [0.2, 0.25) is 0 Å². The molecule has 0 saturated carbocycles. The molecule has 7 nitrogen and oxygen atoms in total. The molecule has 1 aliphatic rings. The van der Waals surface area contributed by atoms with Crippen LogP contribution >= 0.6 is 0 Å². The summed E-state index contributed by atoms with van der Waals surface area (Å²) in [6.07, 6.45) is -0.714. The first kappa shape index (κ1) is 23.6. The minimum atomic E-state index is -4.01. The number of methoxy groups -OCH3 is 1. The number of para-hydroxylation sites is 1. The minimum Gasteiger partial charge on any atom is -0.496 e. The maximum atomic E-state index is 13.9. The molecule has 1 N–H and O–H groups in total. The highest BCUT2D eigenvalue weighted by molar-refractivity contribution is 7.92.